The highest BCUT2D eigenvalue weighted by Gasteiger charge is 2.32. The first kappa shape index (κ1) is 20.1. The molecule has 3 aromatic heterocycles. The topological polar surface area (TPSA) is 71.6 Å². The largest absolute Gasteiger partial charge is 0.459 e. The Hall–Kier alpha value is -3.14. The highest BCUT2D eigenvalue weighted by atomic mass is 19.4. The molecule has 30 heavy (non-hydrogen) atoms. The van der Waals surface area contributed by atoms with E-state index in [1.807, 2.05) is 0 Å². The summed E-state index contributed by atoms with van der Waals surface area (Å²) < 4.78 is 45.0. The third-order valence-electron chi connectivity index (χ3n) is 5.17. The zero-order valence-electron chi connectivity index (χ0n) is 15.9. The van der Waals surface area contributed by atoms with Crippen LogP contribution in [0.25, 0.3) is 10.9 Å². The molecule has 1 aliphatic heterocycles. The Morgan fingerprint density at radius 3 is 2.50 bits per heavy atom. The lowest BCUT2D eigenvalue weighted by Crippen LogP contribution is -2.49. The molecule has 0 saturated carbocycles. The van der Waals surface area contributed by atoms with E-state index in [0.29, 0.717) is 45.0 Å². The van der Waals surface area contributed by atoms with Crippen molar-refractivity contribution in [2.45, 2.75) is 12.7 Å². The van der Waals surface area contributed by atoms with Gasteiger partial charge in [-0.15, -0.1) is 0 Å². The molecule has 4 rings (SSSR count). The molecule has 0 N–H and O–H groups in total. The van der Waals surface area contributed by atoms with Gasteiger partial charge in [-0.1, -0.05) is 0 Å². The maximum absolute atomic E-state index is 12.8. The molecule has 1 fully saturated rings. The van der Waals surface area contributed by atoms with Gasteiger partial charge in [-0.2, -0.15) is 13.2 Å². The number of hydrogen-bond donors (Lipinski definition) is 0. The maximum atomic E-state index is 12.8. The van der Waals surface area contributed by atoms with Crippen LogP contribution in [0.2, 0.25) is 0 Å². The molecule has 0 spiro atoms. The van der Waals surface area contributed by atoms with Gasteiger partial charge in [0.25, 0.3) is 11.5 Å². The molecule has 7 nitrogen and oxygen atoms in total. The minimum absolute atomic E-state index is 0.0242. The molecule has 1 aliphatic rings. The standard InChI is InChI=1S/C20H19F3N4O3/c21-20(22,23)17-4-3-14-15(24-17)5-6-26(18(14)28)10-7-25-8-11-27(12-9-25)19(29)16-2-1-13-30-16/h1-6,13H,7-12H2. The highest BCUT2D eigenvalue weighted by Crippen LogP contribution is 2.28. The van der Waals surface area contributed by atoms with Crippen LogP contribution in [0.3, 0.4) is 0 Å². The number of rotatable bonds is 4. The van der Waals surface area contributed by atoms with Gasteiger partial charge in [-0.25, -0.2) is 4.98 Å². The smallest absolute Gasteiger partial charge is 0.433 e. The fourth-order valence-electron chi connectivity index (χ4n) is 3.48. The number of piperazine rings is 1. The second-order valence-corrected chi connectivity index (χ2v) is 7.05. The minimum Gasteiger partial charge on any atom is -0.459 e. The molecular weight excluding hydrogens is 401 g/mol. The van der Waals surface area contributed by atoms with Crippen molar-refractivity contribution in [2.24, 2.45) is 0 Å². The van der Waals surface area contributed by atoms with Gasteiger partial charge in [0.05, 0.1) is 17.2 Å². The normalized spacial score (nSPS) is 15.6. The van der Waals surface area contributed by atoms with Crippen molar-refractivity contribution in [3.05, 3.63) is 64.6 Å². The predicted octanol–water partition coefficient (Wildman–Crippen LogP) is 2.47. The summed E-state index contributed by atoms with van der Waals surface area (Å²) in [6.07, 6.45) is -1.62. The Morgan fingerprint density at radius 2 is 1.83 bits per heavy atom. The lowest BCUT2D eigenvalue weighted by Gasteiger charge is -2.34. The van der Waals surface area contributed by atoms with E-state index < -0.39 is 11.9 Å². The highest BCUT2D eigenvalue weighted by molar-refractivity contribution is 5.91. The summed E-state index contributed by atoms with van der Waals surface area (Å²) in [5.41, 5.74) is -1.37. The van der Waals surface area contributed by atoms with Gasteiger partial charge in [0.1, 0.15) is 5.69 Å². The third-order valence-corrected chi connectivity index (χ3v) is 5.17. The van der Waals surface area contributed by atoms with Crippen molar-refractivity contribution in [3.63, 3.8) is 0 Å². The molecule has 3 aromatic rings. The number of aromatic nitrogens is 2. The summed E-state index contributed by atoms with van der Waals surface area (Å²) in [6, 6.07) is 6.72. The molecule has 0 bridgehead atoms. The fraction of sp³-hybridized carbons (Fsp3) is 0.350. The van der Waals surface area contributed by atoms with Gasteiger partial charge in [0.15, 0.2) is 5.76 Å². The fourth-order valence-corrected chi connectivity index (χ4v) is 3.48. The van der Waals surface area contributed by atoms with E-state index in [1.54, 1.807) is 17.0 Å². The Kier molecular flexibility index (Phi) is 5.33. The molecule has 0 atom stereocenters. The van der Waals surface area contributed by atoms with Crippen LogP contribution >= 0.6 is 0 Å². The maximum Gasteiger partial charge on any atom is 0.433 e. The first-order valence-corrected chi connectivity index (χ1v) is 9.45. The van der Waals surface area contributed by atoms with Crippen molar-refractivity contribution >= 4 is 16.8 Å². The summed E-state index contributed by atoms with van der Waals surface area (Å²) >= 11 is 0. The van der Waals surface area contributed by atoms with Crippen LogP contribution in [0.4, 0.5) is 13.2 Å². The van der Waals surface area contributed by atoms with Crippen molar-refractivity contribution in [3.8, 4) is 0 Å². The number of hydrogen-bond acceptors (Lipinski definition) is 5. The SMILES string of the molecule is O=C(c1ccco1)N1CCN(CCn2ccc3nc(C(F)(F)F)ccc3c2=O)CC1. The molecule has 0 aromatic carbocycles. The third kappa shape index (κ3) is 4.09. The zero-order valence-corrected chi connectivity index (χ0v) is 15.9. The van der Waals surface area contributed by atoms with Crippen LogP contribution < -0.4 is 5.56 Å². The lowest BCUT2D eigenvalue weighted by atomic mass is 10.2. The molecule has 10 heteroatoms. The summed E-state index contributed by atoms with van der Waals surface area (Å²) in [6.45, 7) is 3.40. The van der Waals surface area contributed by atoms with Crippen LogP contribution in [0.5, 0.6) is 0 Å². The van der Waals surface area contributed by atoms with Crippen molar-refractivity contribution in [1.82, 2.24) is 19.4 Å². The average Bonchev–Trinajstić information content (AvgIpc) is 3.27. The Balaban J connectivity index is 1.38. The number of alkyl halides is 3. The quantitative estimate of drug-likeness (QED) is 0.649. The van der Waals surface area contributed by atoms with Crippen LogP contribution in [0.15, 0.2) is 52.0 Å². The molecule has 1 amide bonds. The first-order valence-electron chi connectivity index (χ1n) is 9.45. The molecular formula is C20H19F3N4O3. The van der Waals surface area contributed by atoms with Crippen molar-refractivity contribution < 1.29 is 22.4 Å². The van der Waals surface area contributed by atoms with E-state index in [1.165, 1.54) is 29.2 Å². The average molecular weight is 420 g/mol. The van der Waals surface area contributed by atoms with E-state index in [0.717, 1.165) is 6.07 Å². The molecule has 158 valence electrons. The number of furan rings is 1. The van der Waals surface area contributed by atoms with E-state index in [2.05, 4.69) is 9.88 Å². The van der Waals surface area contributed by atoms with E-state index >= 15 is 0 Å². The summed E-state index contributed by atoms with van der Waals surface area (Å²) in [7, 11) is 0. The van der Waals surface area contributed by atoms with Gasteiger partial charge in [0.2, 0.25) is 0 Å². The first-order chi connectivity index (χ1) is 14.3. The number of nitrogens with zero attached hydrogens (tertiary/aromatic N) is 4. The van der Waals surface area contributed by atoms with E-state index in [-0.39, 0.29) is 22.4 Å². The Morgan fingerprint density at radius 1 is 1.07 bits per heavy atom. The van der Waals surface area contributed by atoms with Crippen LogP contribution in [0, 0.1) is 0 Å². The van der Waals surface area contributed by atoms with Gasteiger partial charge < -0.3 is 13.9 Å². The van der Waals surface area contributed by atoms with Crippen LogP contribution in [-0.2, 0) is 12.7 Å². The minimum atomic E-state index is -4.55. The molecule has 0 aliphatic carbocycles. The number of amides is 1. The van der Waals surface area contributed by atoms with Crippen LogP contribution in [0.1, 0.15) is 16.2 Å². The lowest BCUT2D eigenvalue weighted by molar-refractivity contribution is -0.140. The molecule has 1 saturated heterocycles. The summed E-state index contributed by atoms with van der Waals surface area (Å²) in [4.78, 5) is 32.3. The van der Waals surface area contributed by atoms with Gasteiger partial charge in [-0.3, -0.25) is 14.5 Å². The van der Waals surface area contributed by atoms with E-state index in [4.69, 9.17) is 4.42 Å². The molecule has 4 heterocycles. The van der Waals surface area contributed by atoms with Gasteiger partial charge >= 0.3 is 6.18 Å². The summed E-state index contributed by atoms with van der Waals surface area (Å²) in [5, 5.41) is 0.152. The Bertz CT molecular complexity index is 1100. The second-order valence-electron chi connectivity index (χ2n) is 7.05. The number of fused-ring (bicyclic) bond motifs is 1. The predicted molar refractivity (Wildman–Crippen MR) is 102 cm³/mol. The molecule has 0 unspecified atom stereocenters. The van der Waals surface area contributed by atoms with E-state index in [9.17, 15) is 22.8 Å². The van der Waals surface area contributed by atoms with Gasteiger partial charge in [0, 0.05) is 45.5 Å². The number of carbonyl (C=O) groups is 1. The number of pyridine rings is 2. The number of halogens is 3. The number of carbonyl (C=O) groups excluding carboxylic acids is 1. The van der Waals surface area contributed by atoms with Crippen molar-refractivity contribution in [1.29, 1.82) is 0 Å². The summed E-state index contributed by atoms with van der Waals surface area (Å²) in [5.74, 6) is 0.171. The second kappa shape index (κ2) is 7.94. The molecule has 0 radical (unpaired) electrons. The monoisotopic (exact) mass is 420 g/mol. The van der Waals surface area contributed by atoms with Crippen molar-refractivity contribution in [2.75, 3.05) is 32.7 Å². The van der Waals surface area contributed by atoms with Crippen LogP contribution in [-0.4, -0.2) is 58.0 Å². The zero-order chi connectivity index (χ0) is 21.3. The Labute approximate surface area is 169 Å². The van der Waals surface area contributed by atoms with Gasteiger partial charge in [-0.05, 0) is 30.3 Å².